The lowest BCUT2D eigenvalue weighted by Gasteiger charge is -2.28. The highest BCUT2D eigenvalue weighted by Gasteiger charge is 2.18. The molecule has 0 aliphatic heterocycles. The Morgan fingerprint density at radius 2 is 1.24 bits per heavy atom. The van der Waals surface area contributed by atoms with Crippen molar-refractivity contribution in [2.75, 3.05) is 6.54 Å². The van der Waals surface area contributed by atoms with Gasteiger partial charge in [0.15, 0.2) is 0 Å². The van der Waals surface area contributed by atoms with E-state index in [-0.39, 0.29) is 0 Å². The van der Waals surface area contributed by atoms with Crippen molar-refractivity contribution in [3.05, 3.63) is 0 Å². The molecule has 1 rings (SSSR count). The number of hydrogen-bond donors (Lipinski definition) is 1. The molecule has 1 heteroatoms. The Labute approximate surface area is 134 Å². The van der Waals surface area contributed by atoms with E-state index < -0.39 is 0 Å². The molecule has 1 saturated carbocycles. The molecule has 0 heterocycles. The fourth-order valence-corrected chi connectivity index (χ4v) is 3.88. The Kier molecular flexibility index (Phi) is 12.3. The Hall–Kier alpha value is -0.0400. The van der Waals surface area contributed by atoms with E-state index in [0.717, 1.165) is 12.0 Å². The Balaban J connectivity index is 2.39. The van der Waals surface area contributed by atoms with E-state index in [0.29, 0.717) is 0 Å². The highest BCUT2D eigenvalue weighted by molar-refractivity contribution is 4.76. The fraction of sp³-hybridized carbons (Fsp3) is 1.00. The van der Waals surface area contributed by atoms with Gasteiger partial charge in [0, 0.05) is 6.04 Å². The van der Waals surface area contributed by atoms with Gasteiger partial charge in [-0.3, -0.25) is 0 Å². The molecule has 0 aromatic rings. The maximum absolute atomic E-state index is 3.86. The highest BCUT2D eigenvalue weighted by atomic mass is 14.9. The van der Waals surface area contributed by atoms with E-state index in [2.05, 4.69) is 19.2 Å². The van der Waals surface area contributed by atoms with Crippen molar-refractivity contribution in [1.29, 1.82) is 0 Å². The first kappa shape index (κ1) is 19.0. The Morgan fingerprint density at radius 1 is 0.762 bits per heavy atom. The average molecular weight is 296 g/mol. The summed E-state index contributed by atoms with van der Waals surface area (Å²) < 4.78 is 0. The summed E-state index contributed by atoms with van der Waals surface area (Å²) in [4.78, 5) is 0. The normalized spacial score (nSPS) is 22.0. The summed E-state index contributed by atoms with van der Waals surface area (Å²) in [5.74, 6) is 0.938. The largest absolute Gasteiger partial charge is 0.314 e. The van der Waals surface area contributed by atoms with E-state index in [4.69, 9.17) is 0 Å². The van der Waals surface area contributed by atoms with E-state index in [1.165, 1.54) is 103 Å². The minimum absolute atomic E-state index is 0.779. The summed E-state index contributed by atoms with van der Waals surface area (Å²) in [5, 5.41) is 3.86. The molecule has 1 aliphatic carbocycles. The van der Waals surface area contributed by atoms with Gasteiger partial charge in [0.05, 0.1) is 0 Å². The first-order valence-electron chi connectivity index (χ1n) is 10.1. The van der Waals surface area contributed by atoms with Crippen molar-refractivity contribution < 1.29 is 0 Å². The van der Waals surface area contributed by atoms with Gasteiger partial charge in [-0.1, -0.05) is 84.5 Å². The van der Waals surface area contributed by atoms with Crippen LogP contribution in [0.15, 0.2) is 0 Å². The topological polar surface area (TPSA) is 12.0 Å². The smallest absolute Gasteiger partial charge is 0.00926 e. The molecule has 0 spiro atoms. The molecule has 1 aliphatic rings. The third-order valence-corrected chi connectivity index (χ3v) is 5.35. The zero-order valence-electron chi connectivity index (χ0n) is 15.0. The monoisotopic (exact) mass is 295 g/mol. The SMILES string of the molecule is CCCCNC(CC)C1CCCCCCCCCCCC1. The standard InChI is InChI=1S/C20H41N/c1-3-5-18-21-20(4-2)19-16-14-12-10-8-6-7-9-11-13-15-17-19/h19-21H,3-18H2,1-2H3. The van der Waals surface area contributed by atoms with Crippen molar-refractivity contribution in [2.24, 2.45) is 5.92 Å². The third-order valence-electron chi connectivity index (χ3n) is 5.35. The molecular formula is C20H41N. The summed E-state index contributed by atoms with van der Waals surface area (Å²) >= 11 is 0. The lowest BCUT2D eigenvalue weighted by atomic mass is 9.87. The molecule has 1 unspecified atom stereocenters. The molecule has 1 fully saturated rings. The summed E-state index contributed by atoms with van der Waals surface area (Å²) in [5.41, 5.74) is 0. The quantitative estimate of drug-likeness (QED) is 0.554. The van der Waals surface area contributed by atoms with Crippen LogP contribution in [0, 0.1) is 5.92 Å². The van der Waals surface area contributed by atoms with Gasteiger partial charge in [0.25, 0.3) is 0 Å². The second-order valence-corrected chi connectivity index (χ2v) is 7.20. The van der Waals surface area contributed by atoms with Crippen LogP contribution in [0.2, 0.25) is 0 Å². The molecule has 0 aromatic heterocycles. The van der Waals surface area contributed by atoms with Crippen LogP contribution < -0.4 is 5.32 Å². The Bertz CT molecular complexity index is 200. The van der Waals surface area contributed by atoms with Crippen molar-refractivity contribution in [3.8, 4) is 0 Å². The molecule has 1 N–H and O–H groups in total. The summed E-state index contributed by atoms with van der Waals surface area (Å²) in [6, 6.07) is 0.779. The van der Waals surface area contributed by atoms with Crippen LogP contribution in [0.4, 0.5) is 0 Å². The van der Waals surface area contributed by atoms with E-state index in [9.17, 15) is 0 Å². The first-order chi connectivity index (χ1) is 10.4. The van der Waals surface area contributed by atoms with E-state index in [1.807, 2.05) is 0 Å². The van der Waals surface area contributed by atoms with Gasteiger partial charge < -0.3 is 5.32 Å². The molecule has 0 bridgehead atoms. The molecule has 126 valence electrons. The van der Waals surface area contributed by atoms with Crippen molar-refractivity contribution in [3.63, 3.8) is 0 Å². The van der Waals surface area contributed by atoms with Crippen molar-refractivity contribution >= 4 is 0 Å². The van der Waals surface area contributed by atoms with Crippen LogP contribution >= 0.6 is 0 Å². The lowest BCUT2D eigenvalue weighted by Crippen LogP contribution is -2.36. The van der Waals surface area contributed by atoms with Gasteiger partial charge in [0.1, 0.15) is 0 Å². The Morgan fingerprint density at radius 3 is 1.67 bits per heavy atom. The van der Waals surface area contributed by atoms with Crippen LogP contribution in [0.3, 0.4) is 0 Å². The highest BCUT2D eigenvalue weighted by Crippen LogP contribution is 2.24. The van der Waals surface area contributed by atoms with Crippen LogP contribution in [0.25, 0.3) is 0 Å². The predicted molar refractivity (Wildman–Crippen MR) is 95.9 cm³/mol. The number of unbranched alkanes of at least 4 members (excludes halogenated alkanes) is 1. The maximum Gasteiger partial charge on any atom is 0.00926 e. The van der Waals surface area contributed by atoms with Crippen LogP contribution in [-0.4, -0.2) is 12.6 Å². The minimum Gasteiger partial charge on any atom is -0.314 e. The van der Waals surface area contributed by atoms with Crippen LogP contribution in [-0.2, 0) is 0 Å². The predicted octanol–water partition coefficient (Wildman–Crippen LogP) is 6.47. The van der Waals surface area contributed by atoms with E-state index >= 15 is 0 Å². The van der Waals surface area contributed by atoms with E-state index in [1.54, 1.807) is 0 Å². The molecule has 0 amide bonds. The molecule has 0 saturated heterocycles. The van der Waals surface area contributed by atoms with Crippen molar-refractivity contribution in [1.82, 2.24) is 5.32 Å². The second-order valence-electron chi connectivity index (χ2n) is 7.20. The number of nitrogens with one attached hydrogen (secondary N) is 1. The van der Waals surface area contributed by atoms with Gasteiger partial charge in [-0.15, -0.1) is 0 Å². The average Bonchev–Trinajstić information content (AvgIpc) is 2.53. The number of rotatable bonds is 6. The second kappa shape index (κ2) is 13.6. The maximum atomic E-state index is 3.86. The molecule has 1 atom stereocenters. The molecule has 21 heavy (non-hydrogen) atoms. The van der Waals surface area contributed by atoms with Crippen LogP contribution in [0.5, 0.6) is 0 Å². The summed E-state index contributed by atoms with van der Waals surface area (Å²) in [6.45, 7) is 5.90. The van der Waals surface area contributed by atoms with Gasteiger partial charge in [-0.05, 0) is 38.1 Å². The van der Waals surface area contributed by atoms with Gasteiger partial charge in [-0.25, -0.2) is 0 Å². The molecule has 0 radical (unpaired) electrons. The van der Waals surface area contributed by atoms with Crippen molar-refractivity contribution in [2.45, 2.75) is 116 Å². The van der Waals surface area contributed by atoms with Gasteiger partial charge in [0.2, 0.25) is 0 Å². The molecule has 0 aromatic carbocycles. The number of hydrogen-bond acceptors (Lipinski definition) is 1. The summed E-state index contributed by atoms with van der Waals surface area (Å²) in [7, 11) is 0. The van der Waals surface area contributed by atoms with Gasteiger partial charge in [-0.2, -0.15) is 0 Å². The molecule has 1 nitrogen and oxygen atoms in total. The first-order valence-corrected chi connectivity index (χ1v) is 10.1. The zero-order chi connectivity index (χ0) is 15.2. The zero-order valence-corrected chi connectivity index (χ0v) is 15.0. The fourth-order valence-electron chi connectivity index (χ4n) is 3.88. The minimum atomic E-state index is 0.779. The lowest BCUT2D eigenvalue weighted by molar-refractivity contribution is 0.290. The summed E-state index contributed by atoms with van der Waals surface area (Å²) in [6.07, 6.45) is 21.7. The van der Waals surface area contributed by atoms with Crippen LogP contribution in [0.1, 0.15) is 110 Å². The third kappa shape index (κ3) is 9.55. The molecular weight excluding hydrogens is 254 g/mol. The van der Waals surface area contributed by atoms with Gasteiger partial charge >= 0.3 is 0 Å².